The molecule has 1 saturated heterocycles. The number of hydrogen-bond donors (Lipinski definition) is 0. The monoisotopic (exact) mass is 571 g/mol. The summed E-state index contributed by atoms with van der Waals surface area (Å²) < 4.78 is 17.0. The summed E-state index contributed by atoms with van der Waals surface area (Å²) in [4.78, 5) is 46.4. The van der Waals surface area contributed by atoms with Crippen molar-refractivity contribution in [1.82, 2.24) is 0 Å². The third-order valence-electron chi connectivity index (χ3n) is 9.09. The van der Waals surface area contributed by atoms with E-state index in [9.17, 15) is 14.4 Å². The summed E-state index contributed by atoms with van der Waals surface area (Å²) in [7, 11) is 4.55. The number of anilines is 1. The van der Waals surface area contributed by atoms with E-state index in [0.717, 1.165) is 11.3 Å². The van der Waals surface area contributed by atoms with Gasteiger partial charge in [0.05, 0.1) is 27.4 Å². The van der Waals surface area contributed by atoms with Gasteiger partial charge in [-0.2, -0.15) is 0 Å². The minimum Gasteiger partial charge on any atom is -0.493 e. The number of methoxy groups -OCH3 is 3. The average Bonchev–Trinajstić information content (AvgIpc) is 3.50. The quantitative estimate of drug-likeness (QED) is 0.207. The number of para-hydroxylation sites is 1. The molecule has 43 heavy (non-hydrogen) atoms. The Kier molecular flexibility index (Phi) is 6.20. The maximum absolute atomic E-state index is 14.8. The molecule has 2 heterocycles. The fraction of sp³-hybridized carbons (Fsp3) is 0.194. The fourth-order valence-electron chi connectivity index (χ4n) is 7.34. The highest BCUT2D eigenvalue weighted by atomic mass is 16.5. The molecular formula is C36H29NO6. The topological polar surface area (TPSA) is 82.1 Å². The number of carbonyl (C=O) groups excluding carboxylic acids is 3. The van der Waals surface area contributed by atoms with Gasteiger partial charge in [-0.3, -0.25) is 14.4 Å². The first-order valence-corrected chi connectivity index (χ1v) is 14.1. The average molecular weight is 572 g/mol. The summed E-state index contributed by atoms with van der Waals surface area (Å²) in [5.41, 5.74) is 1.85. The first-order chi connectivity index (χ1) is 21.0. The lowest BCUT2D eigenvalue weighted by Crippen LogP contribution is -2.48. The standard InChI is InChI=1S/C36H29NO6/c1-41-27-19-23(20-28(42-2)33(27)43-3)30-31(32(38)22-12-5-4-6-13-22)37-26-16-10-7-11-21(26)17-18-29(37)36(30)34(39)24-14-8-9-15-25(24)35(36)40/h4-20,29-31H,1-3H3/t29-,30+,31-/m1/s1. The van der Waals surface area contributed by atoms with Crippen molar-refractivity contribution in [3.8, 4) is 17.2 Å². The van der Waals surface area contributed by atoms with Crippen LogP contribution < -0.4 is 19.1 Å². The molecule has 4 aromatic carbocycles. The second-order valence-corrected chi connectivity index (χ2v) is 11.0. The number of rotatable bonds is 6. The second-order valence-electron chi connectivity index (χ2n) is 11.0. The van der Waals surface area contributed by atoms with Gasteiger partial charge in [-0.1, -0.05) is 84.9 Å². The van der Waals surface area contributed by atoms with E-state index in [4.69, 9.17) is 14.2 Å². The predicted molar refractivity (Wildman–Crippen MR) is 163 cm³/mol. The van der Waals surface area contributed by atoms with Crippen LogP contribution >= 0.6 is 0 Å². The Labute approximate surface area is 249 Å². The van der Waals surface area contributed by atoms with Crippen LogP contribution in [0.4, 0.5) is 5.69 Å². The molecule has 1 fully saturated rings. The molecule has 0 saturated carbocycles. The first-order valence-electron chi connectivity index (χ1n) is 14.1. The van der Waals surface area contributed by atoms with E-state index < -0.39 is 23.4 Å². The van der Waals surface area contributed by atoms with E-state index in [1.165, 1.54) is 21.3 Å². The van der Waals surface area contributed by atoms with Crippen LogP contribution in [0.5, 0.6) is 17.2 Å². The molecule has 0 radical (unpaired) electrons. The summed E-state index contributed by atoms with van der Waals surface area (Å²) in [5.74, 6) is -0.571. The molecule has 4 aromatic rings. The van der Waals surface area contributed by atoms with Crippen LogP contribution in [0, 0.1) is 5.41 Å². The zero-order valence-electron chi connectivity index (χ0n) is 23.9. The van der Waals surface area contributed by atoms with Crippen LogP contribution in [0.15, 0.2) is 97.1 Å². The van der Waals surface area contributed by atoms with Crippen LogP contribution in [0.25, 0.3) is 6.08 Å². The molecule has 1 spiro atoms. The van der Waals surface area contributed by atoms with E-state index in [-0.39, 0.29) is 17.3 Å². The van der Waals surface area contributed by atoms with Crippen molar-refractivity contribution in [3.05, 3.63) is 125 Å². The van der Waals surface area contributed by atoms with Crippen molar-refractivity contribution < 1.29 is 28.6 Å². The van der Waals surface area contributed by atoms with Gasteiger partial charge in [-0.25, -0.2) is 0 Å². The van der Waals surface area contributed by atoms with Crippen LogP contribution in [0.3, 0.4) is 0 Å². The number of ether oxygens (including phenoxy) is 3. The van der Waals surface area contributed by atoms with E-state index in [2.05, 4.69) is 0 Å². The number of fused-ring (bicyclic) bond motifs is 5. The van der Waals surface area contributed by atoms with Gasteiger partial charge in [-0.05, 0) is 29.3 Å². The van der Waals surface area contributed by atoms with Gasteiger partial charge in [-0.15, -0.1) is 0 Å². The van der Waals surface area contributed by atoms with Crippen LogP contribution in [-0.4, -0.2) is 50.8 Å². The largest absolute Gasteiger partial charge is 0.493 e. The Morgan fingerprint density at radius 1 is 0.744 bits per heavy atom. The molecule has 0 amide bonds. The minimum absolute atomic E-state index is 0.192. The lowest BCUT2D eigenvalue weighted by atomic mass is 9.64. The van der Waals surface area contributed by atoms with Crippen molar-refractivity contribution in [2.75, 3.05) is 26.2 Å². The minimum atomic E-state index is -1.63. The molecule has 7 heteroatoms. The van der Waals surface area contributed by atoms with Gasteiger partial charge in [0.25, 0.3) is 0 Å². The Morgan fingerprint density at radius 2 is 1.33 bits per heavy atom. The van der Waals surface area contributed by atoms with Crippen LogP contribution in [0.1, 0.15) is 48.1 Å². The van der Waals surface area contributed by atoms with Gasteiger partial charge < -0.3 is 19.1 Å². The SMILES string of the molecule is COc1cc([C@H]2[C@H](C(=O)c3ccccc3)N3c4ccccc4C=C[C@@H]3C23C(=O)c2ccccc2C3=O)cc(OC)c1OC. The second kappa shape index (κ2) is 9.98. The summed E-state index contributed by atoms with van der Waals surface area (Å²) in [6.07, 6.45) is 3.86. The van der Waals surface area contributed by atoms with Crippen molar-refractivity contribution in [2.24, 2.45) is 5.41 Å². The Hall–Kier alpha value is -5.17. The number of nitrogens with zero attached hydrogens (tertiary/aromatic N) is 1. The highest BCUT2D eigenvalue weighted by Crippen LogP contribution is 2.61. The molecular weight excluding hydrogens is 542 g/mol. The van der Waals surface area contributed by atoms with Crippen LogP contribution in [-0.2, 0) is 0 Å². The van der Waals surface area contributed by atoms with Gasteiger partial charge in [0, 0.05) is 28.3 Å². The molecule has 0 bridgehead atoms. The molecule has 7 rings (SSSR count). The van der Waals surface area contributed by atoms with E-state index in [1.807, 2.05) is 59.5 Å². The molecule has 0 aromatic heterocycles. The van der Waals surface area contributed by atoms with Gasteiger partial charge in [0.2, 0.25) is 5.75 Å². The number of benzene rings is 4. The normalized spacial score (nSPS) is 20.9. The van der Waals surface area contributed by atoms with Crippen LogP contribution in [0.2, 0.25) is 0 Å². The highest BCUT2D eigenvalue weighted by Gasteiger charge is 2.71. The summed E-state index contributed by atoms with van der Waals surface area (Å²) in [6.45, 7) is 0. The zero-order chi connectivity index (χ0) is 29.9. The maximum Gasteiger partial charge on any atom is 0.203 e. The van der Waals surface area contributed by atoms with E-state index >= 15 is 0 Å². The maximum atomic E-state index is 14.8. The van der Waals surface area contributed by atoms with Crippen molar-refractivity contribution in [2.45, 2.75) is 18.0 Å². The number of carbonyl (C=O) groups is 3. The molecule has 7 nitrogen and oxygen atoms in total. The van der Waals surface area contributed by atoms with Crippen molar-refractivity contribution in [3.63, 3.8) is 0 Å². The van der Waals surface area contributed by atoms with Gasteiger partial charge in [0.15, 0.2) is 28.8 Å². The number of Topliss-reactive ketones (excluding diaryl/α,β-unsaturated/α-hetero) is 3. The fourth-order valence-corrected chi connectivity index (χ4v) is 7.34. The highest BCUT2D eigenvalue weighted by molar-refractivity contribution is 6.32. The summed E-state index contributed by atoms with van der Waals surface area (Å²) >= 11 is 0. The summed E-state index contributed by atoms with van der Waals surface area (Å²) in [6, 6.07) is 25.6. The molecule has 2 aliphatic heterocycles. The molecule has 3 aliphatic rings. The predicted octanol–water partition coefficient (Wildman–Crippen LogP) is 6.03. The molecule has 0 N–H and O–H groups in total. The molecule has 1 aliphatic carbocycles. The third kappa shape index (κ3) is 3.57. The molecule has 3 atom stereocenters. The van der Waals surface area contributed by atoms with E-state index in [1.54, 1.807) is 48.5 Å². The number of hydrogen-bond acceptors (Lipinski definition) is 7. The first kappa shape index (κ1) is 26.7. The zero-order valence-corrected chi connectivity index (χ0v) is 23.9. The lowest BCUT2D eigenvalue weighted by molar-refractivity contribution is 0.0665. The number of ketones is 3. The van der Waals surface area contributed by atoms with Crippen molar-refractivity contribution >= 4 is 29.1 Å². The molecule has 0 unspecified atom stereocenters. The summed E-state index contributed by atoms with van der Waals surface area (Å²) in [5, 5.41) is 0. The smallest absolute Gasteiger partial charge is 0.203 e. The van der Waals surface area contributed by atoms with Gasteiger partial charge >= 0.3 is 0 Å². The third-order valence-corrected chi connectivity index (χ3v) is 9.09. The Morgan fingerprint density at radius 3 is 1.93 bits per heavy atom. The Balaban J connectivity index is 1.58. The molecule has 214 valence electrons. The van der Waals surface area contributed by atoms with Gasteiger partial charge in [0.1, 0.15) is 11.5 Å². The van der Waals surface area contributed by atoms with E-state index in [0.29, 0.717) is 39.5 Å². The lowest BCUT2D eigenvalue weighted by Gasteiger charge is -2.37. The Bertz CT molecular complexity index is 1770. The van der Waals surface area contributed by atoms with Crippen molar-refractivity contribution in [1.29, 1.82) is 0 Å².